The van der Waals surface area contributed by atoms with Gasteiger partial charge in [-0.2, -0.15) is 0 Å². The van der Waals surface area contributed by atoms with Gasteiger partial charge in [-0.25, -0.2) is 0 Å². The summed E-state index contributed by atoms with van der Waals surface area (Å²) in [6.45, 7) is 3.39. The fourth-order valence-corrected chi connectivity index (χ4v) is 4.46. The van der Waals surface area contributed by atoms with Crippen LogP contribution in [0.1, 0.15) is 45.6 Å². The summed E-state index contributed by atoms with van der Waals surface area (Å²) < 4.78 is 16.6. The molecular weight excluding hydrogens is 342 g/mol. The summed E-state index contributed by atoms with van der Waals surface area (Å²) in [7, 11) is 4.99. The first-order chi connectivity index (χ1) is 13.1. The van der Waals surface area contributed by atoms with Crippen molar-refractivity contribution in [1.29, 1.82) is 0 Å². The summed E-state index contributed by atoms with van der Waals surface area (Å²) >= 11 is 0. The number of hydrogen-bond acceptors (Lipinski definition) is 5. The van der Waals surface area contributed by atoms with Gasteiger partial charge in [0.25, 0.3) is 0 Å². The third-order valence-corrected chi connectivity index (χ3v) is 5.83. The fraction of sp³-hybridized carbons (Fsp3) is 0.409. The van der Waals surface area contributed by atoms with Crippen LogP contribution in [0.3, 0.4) is 0 Å². The number of fused-ring (bicyclic) bond motifs is 4. The molecule has 0 aliphatic carbocycles. The lowest BCUT2D eigenvalue weighted by atomic mass is 9.82. The average Bonchev–Trinajstić information content (AvgIpc) is 2.70. The van der Waals surface area contributed by atoms with Gasteiger partial charge in [-0.3, -0.25) is 9.69 Å². The van der Waals surface area contributed by atoms with Crippen molar-refractivity contribution in [3.8, 4) is 17.2 Å². The maximum atomic E-state index is 12.1. The van der Waals surface area contributed by atoms with E-state index in [2.05, 4.69) is 11.0 Å². The van der Waals surface area contributed by atoms with Gasteiger partial charge in [-0.05, 0) is 54.7 Å². The van der Waals surface area contributed by atoms with Gasteiger partial charge in [0.05, 0.1) is 26.9 Å². The van der Waals surface area contributed by atoms with E-state index in [1.54, 1.807) is 28.3 Å². The number of carbonyl (C=O) groups excluding carboxylic acids is 1. The van der Waals surface area contributed by atoms with Crippen LogP contribution >= 0.6 is 0 Å². The van der Waals surface area contributed by atoms with Crippen molar-refractivity contribution < 1.29 is 19.0 Å². The smallest absolute Gasteiger partial charge is 0.165 e. The van der Waals surface area contributed by atoms with Gasteiger partial charge in [-0.1, -0.05) is 6.07 Å². The fourth-order valence-electron chi connectivity index (χ4n) is 4.46. The molecule has 1 atom stereocenters. The Labute approximate surface area is 159 Å². The number of ketones is 1. The van der Waals surface area contributed by atoms with E-state index in [0.717, 1.165) is 37.4 Å². The van der Waals surface area contributed by atoms with Gasteiger partial charge in [0.2, 0.25) is 0 Å². The van der Waals surface area contributed by atoms with Gasteiger partial charge < -0.3 is 14.2 Å². The molecule has 0 radical (unpaired) electrons. The zero-order chi connectivity index (χ0) is 19.1. The molecule has 2 aliphatic heterocycles. The molecule has 0 fully saturated rings. The number of hydrogen-bond donors (Lipinski definition) is 0. The number of benzene rings is 2. The Balaban J connectivity index is 1.78. The van der Waals surface area contributed by atoms with E-state index in [-0.39, 0.29) is 11.8 Å². The second-order valence-corrected chi connectivity index (χ2v) is 7.19. The van der Waals surface area contributed by atoms with Gasteiger partial charge in [0.1, 0.15) is 5.75 Å². The normalized spacial score (nSPS) is 18.1. The van der Waals surface area contributed by atoms with Crippen LogP contribution in [-0.2, 0) is 19.4 Å². The first kappa shape index (κ1) is 17.9. The van der Waals surface area contributed by atoms with Gasteiger partial charge in [0.15, 0.2) is 17.3 Å². The van der Waals surface area contributed by atoms with E-state index < -0.39 is 0 Å². The summed E-state index contributed by atoms with van der Waals surface area (Å²) in [5.41, 5.74) is 5.67. The van der Waals surface area contributed by atoms with Crippen LogP contribution in [0.4, 0.5) is 0 Å². The monoisotopic (exact) mass is 367 g/mol. The highest BCUT2D eigenvalue weighted by molar-refractivity contribution is 5.97. The molecule has 4 rings (SSSR count). The quantitative estimate of drug-likeness (QED) is 0.773. The van der Waals surface area contributed by atoms with Gasteiger partial charge >= 0.3 is 0 Å². The van der Waals surface area contributed by atoms with Crippen LogP contribution in [-0.4, -0.2) is 38.6 Å². The molecule has 2 aliphatic rings. The average molecular weight is 367 g/mol. The van der Waals surface area contributed by atoms with Crippen molar-refractivity contribution in [3.05, 3.63) is 52.1 Å². The van der Waals surface area contributed by atoms with Gasteiger partial charge in [-0.15, -0.1) is 0 Å². The molecule has 0 N–H and O–H groups in total. The molecule has 0 unspecified atom stereocenters. The molecule has 2 aromatic rings. The summed E-state index contributed by atoms with van der Waals surface area (Å²) in [6, 6.07) is 8.47. The van der Waals surface area contributed by atoms with Crippen molar-refractivity contribution in [2.45, 2.75) is 32.4 Å². The van der Waals surface area contributed by atoms with Crippen molar-refractivity contribution in [2.75, 3.05) is 27.9 Å². The van der Waals surface area contributed by atoms with E-state index >= 15 is 0 Å². The van der Waals surface area contributed by atoms with Crippen LogP contribution in [0.25, 0.3) is 0 Å². The third kappa shape index (κ3) is 2.86. The lowest BCUT2D eigenvalue weighted by Crippen LogP contribution is -2.39. The van der Waals surface area contributed by atoms with E-state index in [4.69, 9.17) is 14.2 Å². The predicted octanol–water partition coefficient (Wildman–Crippen LogP) is 3.57. The van der Waals surface area contributed by atoms with Crippen LogP contribution in [0.5, 0.6) is 17.2 Å². The third-order valence-electron chi connectivity index (χ3n) is 5.83. The maximum Gasteiger partial charge on any atom is 0.165 e. The molecule has 5 nitrogen and oxygen atoms in total. The number of rotatable bonds is 4. The highest BCUT2D eigenvalue weighted by atomic mass is 16.5. The minimum atomic E-state index is 0.0365. The predicted molar refractivity (Wildman–Crippen MR) is 103 cm³/mol. The number of ether oxygens (including phenoxy) is 3. The summed E-state index contributed by atoms with van der Waals surface area (Å²) in [5, 5.41) is 0. The molecule has 0 aromatic heterocycles. The van der Waals surface area contributed by atoms with E-state index in [1.165, 1.54) is 22.3 Å². The van der Waals surface area contributed by atoms with E-state index in [9.17, 15) is 4.79 Å². The molecule has 0 spiro atoms. The largest absolute Gasteiger partial charge is 0.496 e. The minimum Gasteiger partial charge on any atom is -0.496 e. The van der Waals surface area contributed by atoms with Crippen molar-refractivity contribution in [1.82, 2.24) is 4.90 Å². The summed E-state index contributed by atoms with van der Waals surface area (Å²) in [6.07, 6.45) is 1.84. The van der Waals surface area contributed by atoms with E-state index in [1.807, 2.05) is 18.2 Å². The zero-order valence-corrected chi connectivity index (χ0v) is 16.3. The Hall–Kier alpha value is -2.53. The van der Waals surface area contributed by atoms with Crippen LogP contribution < -0.4 is 14.2 Å². The van der Waals surface area contributed by atoms with Crippen molar-refractivity contribution in [3.63, 3.8) is 0 Å². The first-order valence-corrected chi connectivity index (χ1v) is 9.25. The highest BCUT2D eigenvalue weighted by Gasteiger charge is 2.35. The summed E-state index contributed by atoms with van der Waals surface area (Å²) in [5.74, 6) is 2.32. The molecule has 5 heteroatoms. The SMILES string of the molecule is COc1cc2c(cc1C(C)=O)[C@@H]1Cc3ccc(OC)c(OC)c3CN1CC2. The van der Waals surface area contributed by atoms with Gasteiger partial charge in [0, 0.05) is 24.7 Å². The molecule has 27 heavy (non-hydrogen) atoms. The lowest BCUT2D eigenvalue weighted by molar-refractivity contribution is 0.101. The minimum absolute atomic E-state index is 0.0365. The molecule has 0 bridgehead atoms. The highest BCUT2D eigenvalue weighted by Crippen LogP contribution is 2.44. The molecular formula is C22H25NO4. The number of Topliss-reactive ketones (excluding diaryl/α,β-unsaturated/α-hetero) is 1. The molecule has 0 amide bonds. The van der Waals surface area contributed by atoms with E-state index in [0.29, 0.717) is 11.3 Å². The molecule has 2 heterocycles. The Morgan fingerprint density at radius 3 is 2.48 bits per heavy atom. The topological polar surface area (TPSA) is 48.0 Å². The van der Waals surface area contributed by atoms with Crippen molar-refractivity contribution >= 4 is 5.78 Å². The van der Waals surface area contributed by atoms with Crippen LogP contribution in [0.15, 0.2) is 24.3 Å². The number of methoxy groups -OCH3 is 3. The molecule has 142 valence electrons. The maximum absolute atomic E-state index is 12.1. The Morgan fingerprint density at radius 2 is 1.81 bits per heavy atom. The Bertz CT molecular complexity index is 906. The standard InChI is InChI=1S/C22H25NO4/c1-13(24)16-11-17-15(10-21(16)26-3)7-8-23-12-18-14(9-19(17)23)5-6-20(25-2)22(18)27-4/h5-6,10-11,19H,7-9,12H2,1-4H3/t19-/m0/s1. The molecule has 0 saturated heterocycles. The second kappa shape index (κ2) is 6.89. The number of carbonyl (C=O) groups is 1. The first-order valence-electron chi connectivity index (χ1n) is 9.25. The zero-order valence-electron chi connectivity index (χ0n) is 16.3. The number of nitrogens with zero attached hydrogens (tertiary/aromatic N) is 1. The molecule has 0 saturated carbocycles. The Kier molecular flexibility index (Phi) is 4.56. The second-order valence-electron chi connectivity index (χ2n) is 7.19. The van der Waals surface area contributed by atoms with Crippen molar-refractivity contribution in [2.24, 2.45) is 0 Å². The lowest BCUT2D eigenvalue weighted by Gasteiger charge is -2.42. The Morgan fingerprint density at radius 1 is 1.04 bits per heavy atom. The molecule has 2 aromatic carbocycles. The van der Waals surface area contributed by atoms with Crippen LogP contribution in [0.2, 0.25) is 0 Å². The summed E-state index contributed by atoms with van der Waals surface area (Å²) in [4.78, 5) is 14.6. The van der Waals surface area contributed by atoms with Crippen LogP contribution in [0, 0.1) is 0 Å².